The molecule has 1 saturated heterocycles. The van der Waals surface area contributed by atoms with Crippen LogP contribution in [0.1, 0.15) is 44.9 Å². The number of aliphatic hydroxyl groups is 1. The van der Waals surface area contributed by atoms with Crippen molar-refractivity contribution in [3.8, 4) is 17.5 Å². The van der Waals surface area contributed by atoms with Crippen molar-refractivity contribution >= 4 is 6.09 Å². The Balaban J connectivity index is 1.89. The quantitative estimate of drug-likeness (QED) is 0.742. The number of nitriles is 1. The summed E-state index contributed by atoms with van der Waals surface area (Å²) in [5, 5.41) is 32.3. The van der Waals surface area contributed by atoms with Crippen molar-refractivity contribution in [2.45, 2.75) is 52.4 Å². The number of rotatable bonds is 4. The molecule has 1 aromatic carbocycles. The fourth-order valence-corrected chi connectivity index (χ4v) is 3.87. The van der Waals surface area contributed by atoms with Crippen LogP contribution >= 0.6 is 0 Å². The Kier molecular flexibility index (Phi) is 6.50. The Morgan fingerprint density at radius 3 is 2.66 bits per heavy atom. The summed E-state index contributed by atoms with van der Waals surface area (Å²) in [6.45, 7) is 5.62. The van der Waals surface area contributed by atoms with E-state index in [4.69, 9.17) is 10.00 Å². The summed E-state index contributed by atoms with van der Waals surface area (Å²) >= 11 is 0. The van der Waals surface area contributed by atoms with E-state index in [-0.39, 0.29) is 46.8 Å². The number of benzene rings is 1. The van der Waals surface area contributed by atoms with Gasteiger partial charge in [-0.1, -0.05) is 20.8 Å². The first-order valence-corrected chi connectivity index (χ1v) is 10.2. The number of piperidine rings is 1. The van der Waals surface area contributed by atoms with Gasteiger partial charge in [0.05, 0.1) is 17.9 Å². The van der Waals surface area contributed by atoms with Crippen molar-refractivity contribution in [3.63, 3.8) is 0 Å². The average Bonchev–Trinajstić information content (AvgIpc) is 2.73. The van der Waals surface area contributed by atoms with Crippen molar-refractivity contribution in [2.75, 3.05) is 6.54 Å². The molecule has 3 rings (SSSR count). The van der Waals surface area contributed by atoms with E-state index in [0.29, 0.717) is 12.8 Å². The molecule has 0 saturated carbocycles. The molecule has 0 spiro atoms. The molecule has 2 heterocycles. The van der Waals surface area contributed by atoms with E-state index >= 15 is 0 Å². The van der Waals surface area contributed by atoms with Crippen LogP contribution in [0.3, 0.4) is 0 Å². The zero-order chi connectivity index (χ0) is 23.6. The third-order valence-electron chi connectivity index (χ3n) is 5.53. The summed E-state index contributed by atoms with van der Waals surface area (Å²) in [7, 11) is 0. The van der Waals surface area contributed by atoms with Crippen LogP contribution in [0.15, 0.2) is 29.1 Å². The molecule has 1 aromatic heterocycles. The highest BCUT2D eigenvalue weighted by Gasteiger charge is 2.39. The zero-order valence-corrected chi connectivity index (χ0v) is 18.1. The van der Waals surface area contributed by atoms with Gasteiger partial charge in [-0.2, -0.15) is 15.0 Å². The van der Waals surface area contributed by atoms with Crippen LogP contribution in [-0.2, 0) is 6.61 Å². The number of ether oxygens (including phenoxy) is 1. The maximum Gasteiger partial charge on any atom is 0.407 e. The minimum Gasteiger partial charge on any atom is -0.488 e. The molecule has 9 nitrogen and oxygen atoms in total. The van der Waals surface area contributed by atoms with E-state index in [9.17, 15) is 24.2 Å². The Hall–Kier alpha value is -3.45. The Bertz CT molecular complexity index is 1120. The van der Waals surface area contributed by atoms with Gasteiger partial charge in [-0.3, -0.25) is 4.79 Å². The van der Waals surface area contributed by atoms with E-state index in [1.165, 1.54) is 23.1 Å². The molecule has 0 aliphatic carbocycles. The summed E-state index contributed by atoms with van der Waals surface area (Å²) in [6.07, 6.45) is -0.513. The second-order valence-electron chi connectivity index (χ2n) is 8.76. The molecule has 1 fully saturated rings. The standard InChI is InChI=1S/C22H25FN4O5/c1-22(2,3)19-9-15(6-7-26(19)21(30)31)32-18-10-20(29)27(25-17(18)12-28)14-5-4-13(11-24)16(23)8-14/h4-5,8,10,15,19,28H,6-7,9,12H2,1-3H3,(H,30,31). The largest absolute Gasteiger partial charge is 0.488 e. The van der Waals surface area contributed by atoms with E-state index in [2.05, 4.69) is 5.10 Å². The number of nitrogens with zero attached hydrogens (tertiary/aromatic N) is 4. The number of carboxylic acid groups (broad SMARTS) is 1. The van der Waals surface area contributed by atoms with Crippen molar-refractivity contribution < 1.29 is 24.1 Å². The van der Waals surface area contributed by atoms with Crippen LogP contribution in [-0.4, -0.2) is 49.7 Å². The highest BCUT2D eigenvalue weighted by molar-refractivity contribution is 5.65. The number of amides is 1. The lowest BCUT2D eigenvalue weighted by atomic mass is 9.80. The zero-order valence-electron chi connectivity index (χ0n) is 18.1. The summed E-state index contributed by atoms with van der Waals surface area (Å²) in [6, 6.07) is 6.23. The summed E-state index contributed by atoms with van der Waals surface area (Å²) < 4.78 is 20.9. The normalized spacial score (nSPS) is 18.8. The van der Waals surface area contributed by atoms with Gasteiger partial charge >= 0.3 is 6.09 Å². The molecule has 2 N–H and O–H groups in total. The molecule has 1 aliphatic rings. The fraction of sp³-hybridized carbons (Fsp3) is 0.455. The second kappa shape index (κ2) is 8.96. The molecule has 2 unspecified atom stereocenters. The monoisotopic (exact) mass is 444 g/mol. The SMILES string of the molecule is CC(C)(C)C1CC(Oc2cc(=O)n(-c3ccc(C#N)c(F)c3)nc2CO)CCN1C(=O)O. The molecule has 1 aliphatic heterocycles. The molecule has 2 atom stereocenters. The molecule has 1 amide bonds. The molecule has 10 heteroatoms. The fourth-order valence-electron chi connectivity index (χ4n) is 3.87. The smallest absolute Gasteiger partial charge is 0.407 e. The van der Waals surface area contributed by atoms with Gasteiger partial charge < -0.3 is 19.8 Å². The van der Waals surface area contributed by atoms with Crippen LogP contribution in [0.25, 0.3) is 5.69 Å². The highest BCUT2D eigenvalue weighted by Crippen LogP contribution is 2.34. The second-order valence-corrected chi connectivity index (χ2v) is 8.76. The van der Waals surface area contributed by atoms with Gasteiger partial charge in [0, 0.05) is 37.6 Å². The van der Waals surface area contributed by atoms with Crippen molar-refractivity contribution in [3.05, 3.63) is 51.7 Å². The van der Waals surface area contributed by atoms with Crippen LogP contribution in [0.5, 0.6) is 5.75 Å². The Labute approximate surface area is 184 Å². The maximum atomic E-state index is 14.0. The first-order chi connectivity index (χ1) is 15.0. The third kappa shape index (κ3) is 4.73. The van der Waals surface area contributed by atoms with Crippen LogP contribution in [0, 0.1) is 22.6 Å². The Morgan fingerprint density at radius 2 is 2.09 bits per heavy atom. The van der Waals surface area contributed by atoms with Crippen LogP contribution < -0.4 is 10.3 Å². The number of hydrogen-bond acceptors (Lipinski definition) is 6. The van der Waals surface area contributed by atoms with Gasteiger partial charge in [0.15, 0.2) is 5.75 Å². The topological polar surface area (TPSA) is 129 Å². The number of halogens is 1. The van der Waals surface area contributed by atoms with E-state index < -0.39 is 24.1 Å². The van der Waals surface area contributed by atoms with Crippen molar-refractivity contribution in [2.24, 2.45) is 5.41 Å². The third-order valence-corrected chi connectivity index (χ3v) is 5.53. The van der Waals surface area contributed by atoms with Gasteiger partial charge in [-0.25, -0.2) is 9.18 Å². The minimum atomic E-state index is -0.988. The van der Waals surface area contributed by atoms with Crippen LogP contribution in [0.4, 0.5) is 9.18 Å². The van der Waals surface area contributed by atoms with Crippen molar-refractivity contribution in [1.82, 2.24) is 14.7 Å². The lowest BCUT2D eigenvalue weighted by Gasteiger charge is -2.44. The molecule has 0 radical (unpaired) electrons. The average molecular weight is 444 g/mol. The molecular weight excluding hydrogens is 419 g/mol. The van der Waals surface area contributed by atoms with Gasteiger partial charge in [-0.05, 0) is 17.5 Å². The van der Waals surface area contributed by atoms with Crippen LogP contribution in [0.2, 0.25) is 0 Å². The molecule has 32 heavy (non-hydrogen) atoms. The van der Waals surface area contributed by atoms with Gasteiger partial charge in [-0.15, -0.1) is 0 Å². The number of aliphatic hydroxyl groups excluding tert-OH is 1. The lowest BCUT2D eigenvalue weighted by molar-refractivity contribution is 0.0121. The first-order valence-electron chi connectivity index (χ1n) is 10.2. The predicted octanol–water partition coefficient (Wildman–Crippen LogP) is 2.67. The summed E-state index contributed by atoms with van der Waals surface area (Å²) in [5.74, 6) is -0.688. The molecular formula is C22H25FN4O5. The molecule has 2 aromatic rings. The number of likely N-dealkylation sites (tertiary alicyclic amines) is 1. The van der Waals surface area contributed by atoms with Gasteiger partial charge in [0.1, 0.15) is 23.7 Å². The first kappa shape index (κ1) is 23.2. The lowest BCUT2D eigenvalue weighted by Crippen LogP contribution is -2.53. The summed E-state index contributed by atoms with van der Waals surface area (Å²) in [5.41, 5.74) is -0.888. The number of hydrogen-bond donors (Lipinski definition) is 2. The minimum absolute atomic E-state index is 0.0855. The highest BCUT2D eigenvalue weighted by atomic mass is 19.1. The molecule has 170 valence electrons. The van der Waals surface area contributed by atoms with Gasteiger partial charge in [0.25, 0.3) is 5.56 Å². The summed E-state index contributed by atoms with van der Waals surface area (Å²) in [4.78, 5) is 25.7. The number of carbonyl (C=O) groups is 1. The van der Waals surface area contributed by atoms with E-state index in [1.807, 2.05) is 20.8 Å². The van der Waals surface area contributed by atoms with Gasteiger partial charge in [0.2, 0.25) is 0 Å². The maximum absolute atomic E-state index is 14.0. The van der Waals surface area contributed by atoms with Crippen molar-refractivity contribution in [1.29, 1.82) is 5.26 Å². The van der Waals surface area contributed by atoms with E-state index in [0.717, 1.165) is 10.7 Å². The Morgan fingerprint density at radius 1 is 1.38 bits per heavy atom. The van der Waals surface area contributed by atoms with E-state index in [1.54, 1.807) is 6.07 Å². The number of aromatic nitrogens is 2. The predicted molar refractivity (Wildman–Crippen MR) is 112 cm³/mol. The molecule has 0 bridgehead atoms.